The number of alkyl halides is 2. The molecule has 0 aromatic heterocycles. The second-order valence-electron chi connectivity index (χ2n) is 4.68. The van der Waals surface area contributed by atoms with Gasteiger partial charge in [0.1, 0.15) is 0 Å². The van der Waals surface area contributed by atoms with Crippen LogP contribution < -0.4 is 0 Å². The van der Waals surface area contributed by atoms with Crippen LogP contribution in [0.3, 0.4) is 0 Å². The van der Waals surface area contributed by atoms with Gasteiger partial charge in [0.2, 0.25) is 0 Å². The Morgan fingerprint density at radius 2 is 1.50 bits per heavy atom. The van der Waals surface area contributed by atoms with Gasteiger partial charge in [0, 0.05) is 32.0 Å². The third-order valence-electron chi connectivity index (χ3n) is 3.62. The third-order valence-corrected chi connectivity index (χ3v) is 3.62. The van der Waals surface area contributed by atoms with E-state index in [1.807, 2.05) is 0 Å². The molecule has 0 aromatic carbocycles. The first-order valence-electron chi connectivity index (χ1n) is 5.79. The summed E-state index contributed by atoms with van der Waals surface area (Å²) in [5.41, 5.74) is 0. The molecule has 2 fully saturated rings. The summed E-state index contributed by atoms with van der Waals surface area (Å²) in [6.45, 7) is 1.22. The molecule has 2 aliphatic rings. The van der Waals surface area contributed by atoms with Gasteiger partial charge in [-0.05, 0) is 12.8 Å². The van der Waals surface area contributed by atoms with Crippen molar-refractivity contribution in [1.82, 2.24) is 4.90 Å². The average Bonchev–Trinajstić information content (AvgIpc) is 2.19. The van der Waals surface area contributed by atoms with Gasteiger partial charge in [0.15, 0.2) is 0 Å². The standard InChI is InChI=1S/C11H19F2N/c12-11(13)6-8-14(9-7-11)10-4-2-1-3-5-10/h10H,1-9H2. The Bertz CT molecular complexity index is 178. The number of halogens is 2. The van der Waals surface area contributed by atoms with Gasteiger partial charge in [-0.15, -0.1) is 0 Å². The Balaban J connectivity index is 1.82. The zero-order valence-corrected chi connectivity index (χ0v) is 8.64. The van der Waals surface area contributed by atoms with Gasteiger partial charge in [-0.2, -0.15) is 0 Å². The Labute approximate surface area is 84.5 Å². The molecule has 1 saturated heterocycles. The summed E-state index contributed by atoms with van der Waals surface area (Å²) in [4.78, 5) is 2.29. The first-order valence-corrected chi connectivity index (χ1v) is 5.79. The van der Waals surface area contributed by atoms with Gasteiger partial charge in [0.25, 0.3) is 5.92 Å². The lowest BCUT2D eigenvalue weighted by atomic mass is 9.92. The number of hydrogen-bond acceptors (Lipinski definition) is 1. The van der Waals surface area contributed by atoms with Crippen LogP contribution in [0.25, 0.3) is 0 Å². The molecule has 1 aliphatic carbocycles. The van der Waals surface area contributed by atoms with Gasteiger partial charge in [-0.25, -0.2) is 8.78 Å². The topological polar surface area (TPSA) is 3.24 Å². The highest BCUT2D eigenvalue weighted by atomic mass is 19.3. The molecule has 0 amide bonds. The summed E-state index contributed by atoms with van der Waals surface area (Å²) in [6, 6.07) is 0.611. The zero-order chi connectivity index (χ0) is 10.0. The van der Waals surface area contributed by atoms with Crippen molar-refractivity contribution in [1.29, 1.82) is 0 Å². The van der Waals surface area contributed by atoms with Crippen molar-refractivity contribution in [3.63, 3.8) is 0 Å². The summed E-state index contributed by atoms with van der Waals surface area (Å²) in [5, 5.41) is 0. The summed E-state index contributed by atoms with van der Waals surface area (Å²) in [7, 11) is 0. The van der Waals surface area contributed by atoms with E-state index >= 15 is 0 Å². The fourth-order valence-corrected chi connectivity index (χ4v) is 2.66. The molecule has 1 heterocycles. The molecular formula is C11H19F2N. The normalized spacial score (nSPS) is 30.4. The molecule has 1 saturated carbocycles. The molecule has 3 heteroatoms. The zero-order valence-electron chi connectivity index (χ0n) is 8.64. The van der Waals surface area contributed by atoms with E-state index in [4.69, 9.17) is 0 Å². The van der Waals surface area contributed by atoms with Crippen molar-refractivity contribution in [3.05, 3.63) is 0 Å². The van der Waals surface area contributed by atoms with E-state index in [2.05, 4.69) is 4.90 Å². The van der Waals surface area contributed by atoms with Gasteiger partial charge < -0.3 is 0 Å². The molecule has 2 rings (SSSR count). The predicted molar refractivity (Wildman–Crippen MR) is 52.6 cm³/mol. The Morgan fingerprint density at radius 3 is 2.07 bits per heavy atom. The lowest BCUT2D eigenvalue weighted by Crippen LogP contribution is -2.45. The summed E-state index contributed by atoms with van der Waals surface area (Å²) in [5.74, 6) is -2.38. The minimum absolute atomic E-state index is 0.0729. The van der Waals surface area contributed by atoms with Gasteiger partial charge >= 0.3 is 0 Å². The predicted octanol–water partition coefficient (Wildman–Crippen LogP) is 3.05. The Kier molecular flexibility index (Phi) is 3.05. The van der Waals surface area contributed by atoms with E-state index in [9.17, 15) is 8.78 Å². The van der Waals surface area contributed by atoms with E-state index in [1.165, 1.54) is 32.1 Å². The summed E-state index contributed by atoms with van der Waals surface area (Å²) < 4.78 is 25.8. The number of nitrogens with zero attached hydrogens (tertiary/aromatic N) is 1. The van der Waals surface area contributed by atoms with Crippen LogP contribution in [0, 0.1) is 0 Å². The Morgan fingerprint density at radius 1 is 0.929 bits per heavy atom. The quantitative estimate of drug-likeness (QED) is 0.633. The molecular weight excluding hydrogens is 184 g/mol. The SMILES string of the molecule is FC1(F)CCN(C2CCCCC2)CC1. The van der Waals surface area contributed by atoms with Crippen molar-refractivity contribution in [2.75, 3.05) is 13.1 Å². The monoisotopic (exact) mass is 203 g/mol. The van der Waals surface area contributed by atoms with Crippen LogP contribution in [0.5, 0.6) is 0 Å². The Hall–Kier alpha value is -0.180. The van der Waals surface area contributed by atoms with Crippen LogP contribution in [0.4, 0.5) is 8.78 Å². The van der Waals surface area contributed by atoms with Crippen molar-refractivity contribution in [3.8, 4) is 0 Å². The highest BCUT2D eigenvalue weighted by molar-refractivity contribution is 4.83. The highest BCUT2D eigenvalue weighted by Crippen LogP contribution is 2.31. The van der Waals surface area contributed by atoms with Crippen molar-refractivity contribution in [2.24, 2.45) is 0 Å². The lowest BCUT2D eigenvalue weighted by Gasteiger charge is -2.39. The van der Waals surface area contributed by atoms with E-state index in [1.54, 1.807) is 0 Å². The average molecular weight is 203 g/mol. The highest BCUT2D eigenvalue weighted by Gasteiger charge is 2.36. The molecule has 14 heavy (non-hydrogen) atoms. The van der Waals surface area contributed by atoms with Crippen molar-refractivity contribution >= 4 is 0 Å². The maximum absolute atomic E-state index is 12.9. The second-order valence-corrected chi connectivity index (χ2v) is 4.68. The molecule has 0 bridgehead atoms. The molecule has 82 valence electrons. The van der Waals surface area contributed by atoms with Gasteiger partial charge in [-0.3, -0.25) is 4.90 Å². The van der Waals surface area contributed by atoms with Crippen molar-refractivity contribution < 1.29 is 8.78 Å². The number of hydrogen-bond donors (Lipinski definition) is 0. The van der Waals surface area contributed by atoms with E-state index < -0.39 is 5.92 Å². The molecule has 0 aromatic rings. The molecule has 1 nitrogen and oxygen atoms in total. The van der Waals surface area contributed by atoms with Crippen LogP contribution in [-0.2, 0) is 0 Å². The van der Waals surface area contributed by atoms with E-state index in [0.717, 1.165) is 0 Å². The fourth-order valence-electron chi connectivity index (χ4n) is 2.66. The summed E-state index contributed by atoms with van der Waals surface area (Å²) >= 11 is 0. The first-order chi connectivity index (χ1) is 6.67. The van der Waals surface area contributed by atoms with Crippen molar-refractivity contribution in [2.45, 2.75) is 56.9 Å². The largest absolute Gasteiger partial charge is 0.300 e. The molecule has 0 atom stereocenters. The maximum Gasteiger partial charge on any atom is 0.250 e. The van der Waals surface area contributed by atoms with Crippen LogP contribution in [0.15, 0.2) is 0 Å². The number of piperidine rings is 1. The first kappa shape index (κ1) is 10.3. The smallest absolute Gasteiger partial charge is 0.250 e. The van der Waals surface area contributed by atoms with Gasteiger partial charge in [0.05, 0.1) is 0 Å². The second kappa shape index (κ2) is 4.13. The number of likely N-dealkylation sites (tertiary alicyclic amines) is 1. The molecule has 0 spiro atoms. The molecule has 0 unspecified atom stereocenters. The minimum Gasteiger partial charge on any atom is -0.300 e. The number of rotatable bonds is 1. The van der Waals surface area contributed by atoms with E-state index in [-0.39, 0.29) is 12.8 Å². The van der Waals surface area contributed by atoms with Crippen LogP contribution in [-0.4, -0.2) is 30.0 Å². The van der Waals surface area contributed by atoms with Crippen LogP contribution in [0.1, 0.15) is 44.9 Å². The van der Waals surface area contributed by atoms with E-state index in [0.29, 0.717) is 19.1 Å². The molecule has 0 radical (unpaired) electrons. The summed E-state index contributed by atoms with van der Waals surface area (Å²) in [6.07, 6.45) is 6.51. The molecule has 1 aliphatic heterocycles. The molecule has 0 N–H and O–H groups in total. The third kappa shape index (κ3) is 2.44. The maximum atomic E-state index is 12.9. The fraction of sp³-hybridized carbons (Fsp3) is 1.00. The lowest BCUT2D eigenvalue weighted by molar-refractivity contribution is -0.0655. The van der Waals surface area contributed by atoms with Crippen LogP contribution >= 0.6 is 0 Å². The van der Waals surface area contributed by atoms with Crippen LogP contribution in [0.2, 0.25) is 0 Å². The minimum atomic E-state index is -2.38. The van der Waals surface area contributed by atoms with Gasteiger partial charge in [-0.1, -0.05) is 19.3 Å².